The highest BCUT2D eigenvalue weighted by molar-refractivity contribution is 5.71. The molecule has 0 saturated carbocycles. The Balaban J connectivity index is 2.23. The van der Waals surface area contributed by atoms with Crippen LogP contribution in [0.15, 0.2) is 18.3 Å². The molecular formula is C14H20N2O3. The minimum Gasteiger partial charge on any atom is -0.444 e. The lowest BCUT2D eigenvalue weighted by Gasteiger charge is -2.19. The van der Waals surface area contributed by atoms with E-state index in [0.717, 1.165) is 18.4 Å². The summed E-state index contributed by atoms with van der Waals surface area (Å²) in [6, 6.07) is 3.55. The molecule has 0 radical (unpaired) electrons. The molecule has 0 atom stereocenters. The van der Waals surface area contributed by atoms with Gasteiger partial charge in [0.05, 0.1) is 0 Å². The fourth-order valence-corrected chi connectivity index (χ4v) is 1.45. The third-order valence-electron chi connectivity index (χ3n) is 2.28. The average Bonchev–Trinajstić information content (AvgIpc) is 2.33. The van der Waals surface area contributed by atoms with Gasteiger partial charge in [0.2, 0.25) is 0 Å². The number of nitrogens with one attached hydrogen (secondary N) is 1. The molecule has 1 amide bonds. The van der Waals surface area contributed by atoms with Crippen LogP contribution in [0.2, 0.25) is 0 Å². The van der Waals surface area contributed by atoms with Crippen molar-refractivity contribution in [3.8, 4) is 0 Å². The number of nitrogens with zero attached hydrogens (tertiary/aromatic N) is 1. The van der Waals surface area contributed by atoms with E-state index in [9.17, 15) is 9.59 Å². The van der Waals surface area contributed by atoms with Gasteiger partial charge in [0, 0.05) is 12.7 Å². The van der Waals surface area contributed by atoms with Gasteiger partial charge in [-0.05, 0) is 45.2 Å². The fourth-order valence-electron chi connectivity index (χ4n) is 1.45. The number of hydrogen-bond acceptors (Lipinski definition) is 4. The molecule has 0 spiro atoms. The van der Waals surface area contributed by atoms with Crippen LogP contribution in [0, 0.1) is 0 Å². The molecule has 1 N–H and O–H groups in total. The van der Waals surface area contributed by atoms with Crippen molar-refractivity contribution in [2.24, 2.45) is 0 Å². The zero-order chi connectivity index (χ0) is 14.3. The first-order valence-corrected chi connectivity index (χ1v) is 6.28. The SMILES string of the molecule is CC(C)(C)OC(=O)NCCCc1ccc(C=O)nc1. The normalized spacial score (nSPS) is 10.9. The summed E-state index contributed by atoms with van der Waals surface area (Å²) in [6.07, 6.45) is 3.58. The summed E-state index contributed by atoms with van der Waals surface area (Å²) in [5.41, 5.74) is 0.991. The summed E-state index contributed by atoms with van der Waals surface area (Å²) in [4.78, 5) is 25.8. The van der Waals surface area contributed by atoms with Crippen LogP contribution in [-0.2, 0) is 11.2 Å². The smallest absolute Gasteiger partial charge is 0.407 e. The number of aldehydes is 1. The molecule has 19 heavy (non-hydrogen) atoms. The maximum Gasteiger partial charge on any atom is 0.407 e. The van der Waals surface area contributed by atoms with Gasteiger partial charge in [0.1, 0.15) is 11.3 Å². The number of hydrogen-bond donors (Lipinski definition) is 1. The topological polar surface area (TPSA) is 68.3 Å². The molecule has 0 saturated heterocycles. The van der Waals surface area contributed by atoms with Gasteiger partial charge in [0.25, 0.3) is 0 Å². The van der Waals surface area contributed by atoms with Gasteiger partial charge in [-0.25, -0.2) is 4.79 Å². The Hall–Kier alpha value is -1.91. The van der Waals surface area contributed by atoms with Gasteiger partial charge in [-0.1, -0.05) is 6.07 Å². The molecule has 0 aromatic carbocycles. The molecule has 0 fully saturated rings. The van der Waals surface area contributed by atoms with Crippen molar-refractivity contribution in [1.82, 2.24) is 10.3 Å². The van der Waals surface area contributed by atoms with E-state index < -0.39 is 11.7 Å². The third-order valence-corrected chi connectivity index (χ3v) is 2.28. The average molecular weight is 264 g/mol. The monoisotopic (exact) mass is 264 g/mol. The minimum atomic E-state index is -0.474. The van der Waals surface area contributed by atoms with Crippen molar-refractivity contribution in [3.05, 3.63) is 29.6 Å². The van der Waals surface area contributed by atoms with Gasteiger partial charge >= 0.3 is 6.09 Å². The molecule has 1 rings (SSSR count). The Labute approximate surface area is 113 Å². The molecule has 0 unspecified atom stereocenters. The second-order valence-electron chi connectivity index (χ2n) is 5.24. The zero-order valence-corrected chi connectivity index (χ0v) is 11.6. The van der Waals surface area contributed by atoms with Crippen molar-refractivity contribution in [2.75, 3.05) is 6.54 Å². The van der Waals surface area contributed by atoms with E-state index in [1.54, 1.807) is 12.3 Å². The van der Waals surface area contributed by atoms with Crippen molar-refractivity contribution >= 4 is 12.4 Å². The Morgan fingerprint density at radius 2 is 2.16 bits per heavy atom. The maximum absolute atomic E-state index is 11.4. The molecule has 0 bridgehead atoms. The van der Waals surface area contributed by atoms with E-state index in [0.29, 0.717) is 18.5 Å². The molecule has 1 aromatic heterocycles. The van der Waals surface area contributed by atoms with Crippen molar-refractivity contribution < 1.29 is 14.3 Å². The first-order valence-electron chi connectivity index (χ1n) is 6.28. The van der Waals surface area contributed by atoms with Crippen molar-refractivity contribution in [3.63, 3.8) is 0 Å². The van der Waals surface area contributed by atoms with Gasteiger partial charge in [0.15, 0.2) is 6.29 Å². The number of amides is 1. The fraction of sp³-hybridized carbons (Fsp3) is 0.500. The number of carbonyl (C=O) groups is 2. The second kappa shape index (κ2) is 6.87. The highest BCUT2D eigenvalue weighted by atomic mass is 16.6. The Bertz CT molecular complexity index is 421. The number of ether oxygens (including phenoxy) is 1. The first-order chi connectivity index (χ1) is 8.90. The van der Waals surface area contributed by atoms with Crippen LogP contribution in [-0.4, -0.2) is 29.5 Å². The molecule has 5 heteroatoms. The molecule has 1 aromatic rings. The summed E-state index contributed by atoms with van der Waals surface area (Å²) in [5, 5.41) is 2.69. The van der Waals surface area contributed by atoms with Gasteiger partial charge in [-0.2, -0.15) is 0 Å². The number of alkyl carbamates (subject to hydrolysis) is 1. The maximum atomic E-state index is 11.4. The molecular weight excluding hydrogens is 244 g/mol. The number of rotatable bonds is 5. The van der Waals surface area contributed by atoms with Crippen molar-refractivity contribution in [2.45, 2.75) is 39.2 Å². The molecule has 0 aliphatic heterocycles. The second-order valence-corrected chi connectivity index (χ2v) is 5.24. The van der Waals surface area contributed by atoms with Crippen LogP contribution in [0.1, 0.15) is 43.2 Å². The van der Waals surface area contributed by atoms with Gasteiger partial charge in [-0.15, -0.1) is 0 Å². The Kier molecular flexibility index (Phi) is 5.48. The van der Waals surface area contributed by atoms with Gasteiger partial charge in [-0.3, -0.25) is 9.78 Å². The van der Waals surface area contributed by atoms with Crippen molar-refractivity contribution in [1.29, 1.82) is 0 Å². The predicted octanol–water partition coefficient (Wildman–Crippen LogP) is 2.35. The molecule has 104 valence electrons. The van der Waals surface area contributed by atoms with Crippen LogP contribution >= 0.6 is 0 Å². The number of aromatic nitrogens is 1. The molecule has 1 heterocycles. The highest BCUT2D eigenvalue weighted by Gasteiger charge is 2.15. The summed E-state index contributed by atoms with van der Waals surface area (Å²) in [7, 11) is 0. The number of pyridine rings is 1. The minimum absolute atomic E-state index is 0.401. The van der Waals surface area contributed by atoms with Crippen LogP contribution in [0.4, 0.5) is 4.79 Å². The first kappa shape index (κ1) is 15.1. The number of carbonyl (C=O) groups excluding carboxylic acids is 2. The standard InChI is InChI=1S/C14H20N2O3/c1-14(2,3)19-13(18)15-8-4-5-11-6-7-12(10-17)16-9-11/h6-7,9-10H,4-5,8H2,1-3H3,(H,15,18). The van der Waals surface area contributed by atoms with E-state index in [2.05, 4.69) is 10.3 Å². The van der Waals surface area contributed by atoms with Crippen LogP contribution < -0.4 is 5.32 Å². The zero-order valence-electron chi connectivity index (χ0n) is 11.6. The number of aryl methyl sites for hydroxylation is 1. The van der Waals surface area contributed by atoms with Crippen LogP contribution in [0.5, 0.6) is 0 Å². The Morgan fingerprint density at radius 3 is 2.68 bits per heavy atom. The lowest BCUT2D eigenvalue weighted by atomic mass is 10.1. The predicted molar refractivity (Wildman–Crippen MR) is 72.2 cm³/mol. The third kappa shape index (κ3) is 6.55. The van der Waals surface area contributed by atoms with Crippen LogP contribution in [0.25, 0.3) is 0 Å². The largest absolute Gasteiger partial charge is 0.444 e. The summed E-state index contributed by atoms with van der Waals surface area (Å²) in [5.74, 6) is 0. The lowest BCUT2D eigenvalue weighted by molar-refractivity contribution is 0.0527. The van der Waals surface area contributed by atoms with E-state index >= 15 is 0 Å². The molecule has 0 aliphatic carbocycles. The Morgan fingerprint density at radius 1 is 1.42 bits per heavy atom. The summed E-state index contributed by atoms with van der Waals surface area (Å²) < 4.78 is 5.12. The molecule has 5 nitrogen and oxygen atoms in total. The molecule has 0 aliphatic rings. The summed E-state index contributed by atoms with van der Waals surface area (Å²) >= 11 is 0. The van der Waals surface area contributed by atoms with Crippen LogP contribution in [0.3, 0.4) is 0 Å². The quantitative estimate of drug-likeness (QED) is 0.654. The summed E-state index contributed by atoms with van der Waals surface area (Å²) in [6.45, 7) is 6.02. The highest BCUT2D eigenvalue weighted by Crippen LogP contribution is 2.06. The van der Waals surface area contributed by atoms with E-state index in [1.165, 1.54) is 0 Å². The van der Waals surface area contributed by atoms with E-state index in [-0.39, 0.29) is 0 Å². The van der Waals surface area contributed by atoms with Gasteiger partial charge < -0.3 is 10.1 Å². The lowest BCUT2D eigenvalue weighted by Crippen LogP contribution is -2.33. The van der Waals surface area contributed by atoms with E-state index in [1.807, 2.05) is 26.8 Å². The van der Waals surface area contributed by atoms with E-state index in [4.69, 9.17) is 4.74 Å².